The van der Waals surface area contributed by atoms with Crippen LogP contribution in [-0.4, -0.2) is 25.5 Å². The van der Waals surface area contributed by atoms with E-state index in [9.17, 15) is 4.79 Å². The van der Waals surface area contributed by atoms with Crippen molar-refractivity contribution in [1.29, 1.82) is 0 Å². The van der Waals surface area contributed by atoms with Crippen LogP contribution in [0.5, 0.6) is 0 Å². The summed E-state index contributed by atoms with van der Waals surface area (Å²) >= 11 is 0. The van der Waals surface area contributed by atoms with Gasteiger partial charge in [0.1, 0.15) is 0 Å². The molecule has 2 rings (SSSR count). The highest BCUT2D eigenvalue weighted by molar-refractivity contribution is 5.96. The third kappa shape index (κ3) is 2.03. The lowest BCUT2D eigenvalue weighted by Crippen LogP contribution is -2.24. The van der Waals surface area contributed by atoms with Gasteiger partial charge in [-0.2, -0.15) is 0 Å². The molecule has 0 saturated heterocycles. The average molecular weight is 205 g/mol. The normalized spacial score (nSPS) is 13.4. The Labute approximate surface area is 89.1 Å². The van der Waals surface area contributed by atoms with Gasteiger partial charge in [-0.25, -0.2) is 0 Å². The summed E-state index contributed by atoms with van der Waals surface area (Å²) < 4.78 is 0. The fourth-order valence-corrected chi connectivity index (χ4v) is 1.64. The van der Waals surface area contributed by atoms with E-state index in [1.165, 1.54) is 0 Å². The molecule has 0 fully saturated rings. The summed E-state index contributed by atoms with van der Waals surface area (Å²) in [4.78, 5) is 11.6. The number of carbonyl (C=O) groups excluding carboxylic acids is 1. The van der Waals surface area contributed by atoms with E-state index in [1.807, 2.05) is 25.1 Å². The number of benzene rings is 1. The van der Waals surface area contributed by atoms with E-state index in [2.05, 4.69) is 16.0 Å². The fraction of sp³-hybridized carbons (Fsp3) is 0.364. The highest BCUT2D eigenvalue weighted by Crippen LogP contribution is 2.25. The predicted octanol–water partition coefficient (Wildman–Crippen LogP) is 1.27. The molecule has 1 aromatic carbocycles. The standard InChI is InChI=1S/C11H15N3O/c1-2-12-11(15)8-3-4-9-10(7-8)14-6-5-13-9/h3-4,7,13-14H,2,5-6H2,1H3,(H,12,15). The van der Waals surface area contributed by atoms with Gasteiger partial charge in [-0.05, 0) is 25.1 Å². The lowest BCUT2D eigenvalue weighted by molar-refractivity contribution is 0.0956. The van der Waals surface area contributed by atoms with Crippen molar-refractivity contribution >= 4 is 17.3 Å². The van der Waals surface area contributed by atoms with Gasteiger partial charge in [-0.15, -0.1) is 0 Å². The molecule has 1 aliphatic heterocycles. The van der Waals surface area contributed by atoms with E-state index in [-0.39, 0.29) is 5.91 Å². The van der Waals surface area contributed by atoms with Gasteiger partial charge in [0.25, 0.3) is 5.91 Å². The van der Waals surface area contributed by atoms with E-state index in [0.29, 0.717) is 12.1 Å². The van der Waals surface area contributed by atoms with Crippen molar-refractivity contribution in [3.05, 3.63) is 23.8 Å². The number of anilines is 2. The SMILES string of the molecule is CCNC(=O)c1ccc2c(c1)NCCN2. The van der Waals surface area contributed by atoms with Gasteiger partial charge in [0.2, 0.25) is 0 Å². The lowest BCUT2D eigenvalue weighted by atomic mass is 10.1. The maximum absolute atomic E-state index is 11.6. The van der Waals surface area contributed by atoms with Crippen LogP contribution >= 0.6 is 0 Å². The van der Waals surface area contributed by atoms with Crippen LogP contribution in [0, 0.1) is 0 Å². The van der Waals surface area contributed by atoms with E-state index < -0.39 is 0 Å². The molecule has 4 heteroatoms. The van der Waals surface area contributed by atoms with Crippen molar-refractivity contribution in [2.24, 2.45) is 0 Å². The second kappa shape index (κ2) is 4.21. The maximum atomic E-state index is 11.6. The van der Waals surface area contributed by atoms with Crippen LogP contribution in [0.2, 0.25) is 0 Å². The van der Waals surface area contributed by atoms with Gasteiger partial charge in [-0.3, -0.25) is 4.79 Å². The molecule has 4 nitrogen and oxygen atoms in total. The molecule has 80 valence electrons. The second-order valence-corrected chi connectivity index (χ2v) is 3.47. The zero-order valence-corrected chi connectivity index (χ0v) is 8.76. The number of hydrogen-bond acceptors (Lipinski definition) is 3. The highest BCUT2D eigenvalue weighted by atomic mass is 16.1. The quantitative estimate of drug-likeness (QED) is 0.681. The summed E-state index contributed by atoms with van der Waals surface area (Å²) in [6.45, 7) is 4.39. The first-order valence-electron chi connectivity index (χ1n) is 5.21. The van der Waals surface area contributed by atoms with Crippen molar-refractivity contribution < 1.29 is 4.79 Å². The second-order valence-electron chi connectivity index (χ2n) is 3.47. The van der Waals surface area contributed by atoms with E-state index in [0.717, 1.165) is 24.5 Å². The third-order valence-corrected chi connectivity index (χ3v) is 2.37. The Morgan fingerprint density at radius 3 is 2.80 bits per heavy atom. The summed E-state index contributed by atoms with van der Waals surface area (Å²) in [7, 11) is 0. The molecule has 0 aliphatic carbocycles. The first kappa shape index (κ1) is 9.83. The summed E-state index contributed by atoms with van der Waals surface area (Å²) in [6, 6.07) is 5.66. The molecule has 0 atom stereocenters. The minimum Gasteiger partial charge on any atom is -0.382 e. The molecule has 1 aliphatic rings. The minimum atomic E-state index is -0.0207. The molecule has 0 spiro atoms. The number of rotatable bonds is 2. The highest BCUT2D eigenvalue weighted by Gasteiger charge is 2.10. The molecule has 3 N–H and O–H groups in total. The summed E-state index contributed by atoms with van der Waals surface area (Å²) in [5.74, 6) is -0.0207. The minimum absolute atomic E-state index is 0.0207. The van der Waals surface area contributed by atoms with Gasteiger partial charge in [0, 0.05) is 25.2 Å². The van der Waals surface area contributed by atoms with Crippen molar-refractivity contribution in [1.82, 2.24) is 5.32 Å². The van der Waals surface area contributed by atoms with E-state index >= 15 is 0 Å². The van der Waals surface area contributed by atoms with Crippen LogP contribution in [0.15, 0.2) is 18.2 Å². The Morgan fingerprint density at radius 2 is 2.07 bits per heavy atom. The topological polar surface area (TPSA) is 53.2 Å². The summed E-state index contributed by atoms with van der Waals surface area (Å²) in [6.07, 6.45) is 0. The molecule has 1 amide bonds. The smallest absolute Gasteiger partial charge is 0.251 e. The predicted molar refractivity (Wildman–Crippen MR) is 61.4 cm³/mol. The van der Waals surface area contributed by atoms with Gasteiger partial charge in [-0.1, -0.05) is 0 Å². The summed E-state index contributed by atoms with van der Waals surface area (Å²) in [5.41, 5.74) is 2.77. The molecule has 0 aromatic heterocycles. The molecule has 1 heterocycles. The van der Waals surface area contributed by atoms with Crippen molar-refractivity contribution in [3.63, 3.8) is 0 Å². The lowest BCUT2D eigenvalue weighted by Gasteiger charge is -2.20. The first-order chi connectivity index (χ1) is 7.31. The molecule has 0 bridgehead atoms. The average Bonchev–Trinajstić information content (AvgIpc) is 2.29. The van der Waals surface area contributed by atoms with E-state index in [4.69, 9.17) is 0 Å². The molecule has 0 saturated carbocycles. The first-order valence-corrected chi connectivity index (χ1v) is 5.21. The van der Waals surface area contributed by atoms with Gasteiger partial charge in [0.15, 0.2) is 0 Å². The molecule has 1 aromatic rings. The Morgan fingerprint density at radius 1 is 1.33 bits per heavy atom. The van der Waals surface area contributed by atoms with Crippen molar-refractivity contribution in [3.8, 4) is 0 Å². The van der Waals surface area contributed by atoms with Crippen LogP contribution in [0.3, 0.4) is 0 Å². The zero-order chi connectivity index (χ0) is 10.7. The number of amides is 1. The largest absolute Gasteiger partial charge is 0.382 e. The third-order valence-electron chi connectivity index (χ3n) is 2.37. The Bertz CT molecular complexity index is 376. The number of fused-ring (bicyclic) bond motifs is 1. The molecular weight excluding hydrogens is 190 g/mol. The Kier molecular flexibility index (Phi) is 2.76. The Hall–Kier alpha value is -1.71. The maximum Gasteiger partial charge on any atom is 0.251 e. The zero-order valence-electron chi connectivity index (χ0n) is 8.76. The Balaban J connectivity index is 2.24. The van der Waals surface area contributed by atoms with Crippen molar-refractivity contribution in [2.75, 3.05) is 30.3 Å². The fourth-order valence-electron chi connectivity index (χ4n) is 1.64. The van der Waals surface area contributed by atoms with Gasteiger partial charge in [0.05, 0.1) is 11.4 Å². The number of hydrogen-bond donors (Lipinski definition) is 3. The van der Waals surface area contributed by atoms with Crippen LogP contribution < -0.4 is 16.0 Å². The molecular formula is C11H15N3O. The molecule has 0 unspecified atom stereocenters. The number of nitrogens with one attached hydrogen (secondary N) is 3. The van der Waals surface area contributed by atoms with E-state index in [1.54, 1.807) is 0 Å². The number of carbonyl (C=O) groups is 1. The van der Waals surface area contributed by atoms with Crippen LogP contribution in [-0.2, 0) is 0 Å². The van der Waals surface area contributed by atoms with Crippen LogP contribution in [0.4, 0.5) is 11.4 Å². The van der Waals surface area contributed by atoms with Crippen LogP contribution in [0.25, 0.3) is 0 Å². The van der Waals surface area contributed by atoms with Gasteiger partial charge >= 0.3 is 0 Å². The van der Waals surface area contributed by atoms with Gasteiger partial charge < -0.3 is 16.0 Å². The monoisotopic (exact) mass is 205 g/mol. The molecule has 0 radical (unpaired) electrons. The summed E-state index contributed by atoms with van der Waals surface area (Å²) in [5, 5.41) is 9.31. The van der Waals surface area contributed by atoms with Crippen LogP contribution in [0.1, 0.15) is 17.3 Å². The van der Waals surface area contributed by atoms with Crippen molar-refractivity contribution in [2.45, 2.75) is 6.92 Å². The molecule has 15 heavy (non-hydrogen) atoms.